The number of aryl methyl sites for hydroxylation is 1. The molecule has 2 rings (SSSR count). The van der Waals surface area contributed by atoms with E-state index in [1.165, 1.54) is 5.56 Å². The van der Waals surface area contributed by atoms with E-state index in [1.54, 1.807) is 19.9 Å². The van der Waals surface area contributed by atoms with Crippen LogP contribution in [-0.4, -0.2) is 23.3 Å². The molecule has 0 saturated heterocycles. The molecule has 1 atom stereocenters. The summed E-state index contributed by atoms with van der Waals surface area (Å²) in [6.07, 6.45) is 6.34. The zero-order valence-electron chi connectivity index (χ0n) is 16.8. The Morgan fingerprint density at radius 1 is 1.07 bits per heavy atom. The fourth-order valence-electron chi connectivity index (χ4n) is 2.82. The Morgan fingerprint density at radius 3 is 2.46 bits per heavy atom. The molecule has 0 radical (unpaired) electrons. The Morgan fingerprint density at radius 2 is 1.79 bits per heavy atom. The van der Waals surface area contributed by atoms with Crippen LogP contribution in [0.2, 0.25) is 0 Å². The van der Waals surface area contributed by atoms with Gasteiger partial charge in [0.05, 0.1) is 18.6 Å². The standard InChI is InChI=1S/C24H30O4/c1-3-27-23(25)18-24(2,26)17-9-5-8-10-20-13-15-22(16-14-20)28-19-21-11-6-4-7-12-21/h4,6-7,9,11-17,26H,3,5,8,10,18-19H2,1-2H3. The van der Waals surface area contributed by atoms with Gasteiger partial charge in [-0.3, -0.25) is 4.79 Å². The van der Waals surface area contributed by atoms with Crippen molar-refractivity contribution in [1.29, 1.82) is 0 Å². The maximum atomic E-state index is 11.5. The number of esters is 1. The third-order valence-corrected chi connectivity index (χ3v) is 4.29. The molecule has 4 nitrogen and oxygen atoms in total. The second-order valence-corrected chi connectivity index (χ2v) is 7.05. The van der Waals surface area contributed by atoms with Gasteiger partial charge in [0.2, 0.25) is 0 Å². The normalized spacial score (nSPS) is 13.2. The lowest BCUT2D eigenvalue weighted by atomic mass is 10.0. The van der Waals surface area contributed by atoms with Crippen LogP contribution in [0.4, 0.5) is 0 Å². The Kier molecular flexibility index (Phi) is 8.76. The van der Waals surface area contributed by atoms with Gasteiger partial charge in [-0.05, 0) is 56.4 Å². The highest BCUT2D eigenvalue weighted by Gasteiger charge is 2.21. The van der Waals surface area contributed by atoms with Crippen LogP contribution in [-0.2, 0) is 22.6 Å². The molecule has 0 spiro atoms. The van der Waals surface area contributed by atoms with Gasteiger partial charge in [0, 0.05) is 0 Å². The van der Waals surface area contributed by atoms with Gasteiger partial charge in [-0.2, -0.15) is 0 Å². The summed E-state index contributed by atoms with van der Waals surface area (Å²) in [7, 11) is 0. The molecule has 0 amide bonds. The van der Waals surface area contributed by atoms with E-state index < -0.39 is 5.60 Å². The third-order valence-electron chi connectivity index (χ3n) is 4.29. The highest BCUT2D eigenvalue weighted by molar-refractivity contribution is 5.71. The van der Waals surface area contributed by atoms with Gasteiger partial charge in [0.15, 0.2) is 0 Å². The molecule has 0 aliphatic heterocycles. The molecule has 1 N–H and O–H groups in total. The number of ether oxygens (including phenoxy) is 2. The largest absolute Gasteiger partial charge is 0.489 e. The van der Waals surface area contributed by atoms with Crippen LogP contribution in [0.3, 0.4) is 0 Å². The van der Waals surface area contributed by atoms with Crippen molar-refractivity contribution in [2.75, 3.05) is 6.61 Å². The number of carbonyl (C=O) groups is 1. The minimum Gasteiger partial charge on any atom is -0.489 e. The summed E-state index contributed by atoms with van der Waals surface area (Å²) in [4.78, 5) is 11.5. The Bertz CT molecular complexity index is 733. The van der Waals surface area contributed by atoms with E-state index in [0.717, 1.165) is 30.6 Å². The molecule has 0 bridgehead atoms. The molecule has 0 saturated carbocycles. The maximum Gasteiger partial charge on any atom is 0.309 e. The maximum absolute atomic E-state index is 11.5. The van der Waals surface area contributed by atoms with Crippen molar-refractivity contribution in [1.82, 2.24) is 0 Å². The second kappa shape index (κ2) is 11.3. The summed E-state index contributed by atoms with van der Waals surface area (Å²) >= 11 is 0. The van der Waals surface area contributed by atoms with E-state index in [4.69, 9.17) is 9.47 Å². The molecule has 0 aliphatic rings. The second-order valence-electron chi connectivity index (χ2n) is 7.05. The van der Waals surface area contributed by atoms with Crippen molar-refractivity contribution in [3.8, 4) is 5.75 Å². The van der Waals surface area contributed by atoms with E-state index in [-0.39, 0.29) is 12.4 Å². The van der Waals surface area contributed by atoms with Crippen molar-refractivity contribution in [2.45, 2.75) is 51.7 Å². The lowest BCUT2D eigenvalue weighted by Crippen LogP contribution is -2.26. The Balaban J connectivity index is 1.69. The van der Waals surface area contributed by atoms with Gasteiger partial charge in [0.1, 0.15) is 12.4 Å². The molecule has 28 heavy (non-hydrogen) atoms. The SMILES string of the molecule is CCOC(=O)CC(C)(O)C=CCCCc1ccc(OCc2ccccc2)cc1. The molecule has 2 aromatic carbocycles. The topological polar surface area (TPSA) is 55.8 Å². The fourth-order valence-corrected chi connectivity index (χ4v) is 2.82. The number of hydrogen-bond donors (Lipinski definition) is 1. The highest BCUT2D eigenvalue weighted by atomic mass is 16.5. The Hall–Kier alpha value is -2.59. The van der Waals surface area contributed by atoms with Gasteiger partial charge in [-0.1, -0.05) is 54.6 Å². The van der Waals surface area contributed by atoms with Crippen LogP contribution in [0.1, 0.15) is 44.2 Å². The van der Waals surface area contributed by atoms with Gasteiger partial charge in [-0.25, -0.2) is 0 Å². The molecule has 150 valence electrons. The first-order valence-corrected chi connectivity index (χ1v) is 9.80. The smallest absolute Gasteiger partial charge is 0.309 e. The average molecular weight is 383 g/mol. The number of unbranched alkanes of at least 4 members (excludes halogenated alkanes) is 1. The fraction of sp³-hybridized carbons (Fsp3) is 0.375. The van der Waals surface area contributed by atoms with Crippen LogP contribution in [0.25, 0.3) is 0 Å². The molecule has 0 aliphatic carbocycles. The monoisotopic (exact) mass is 382 g/mol. The summed E-state index contributed by atoms with van der Waals surface area (Å²) in [5.74, 6) is 0.481. The summed E-state index contributed by atoms with van der Waals surface area (Å²) in [6.45, 7) is 4.27. The average Bonchev–Trinajstić information content (AvgIpc) is 2.67. The van der Waals surface area contributed by atoms with Crippen molar-refractivity contribution < 1.29 is 19.4 Å². The molecule has 0 aromatic heterocycles. The van der Waals surface area contributed by atoms with Gasteiger partial charge >= 0.3 is 5.97 Å². The zero-order valence-corrected chi connectivity index (χ0v) is 16.8. The first kappa shape index (κ1) is 21.7. The molecular weight excluding hydrogens is 352 g/mol. The van der Waals surface area contributed by atoms with Gasteiger partial charge < -0.3 is 14.6 Å². The van der Waals surface area contributed by atoms with Crippen LogP contribution in [0.15, 0.2) is 66.7 Å². The number of benzene rings is 2. The van der Waals surface area contributed by atoms with Crippen molar-refractivity contribution in [3.05, 3.63) is 77.9 Å². The molecule has 0 fully saturated rings. The van der Waals surface area contributed by atoms with E-state index in [1.807, 2.05) is 48.5 Å². The number of allylic oxidation sites excluding steroid dienone is 1. The lowest BCUT2D eigenvalue weighted by Gasteiger charge is -2.17. The van der Waals surface area contributed by atoms with Crippen LogP contribution in [0.5, 0.6) is 5.75 Å². The molecule has 1 unspecified atom stereocenters. The predicted molar refractivity (Wildman–Crippen MR) is 111 cm³/mol. The van der Waals surface area contributed by atoms with Crippen molar-refractivity contribution in [2.24, 2.45) is 0 Å². The Labute approximate surface area is 167 Å². The van der Waals surface area contributed by atoms with E-state index in [9.17, 15) is 9.90 Å². The van der Waals surface area contributed by atoms with Crippen molar-refractivity contribution in [3.63, 3.8) is 0 Å². The number of aliphatic hydroxyl groups is 1. The van der Waals surface area contributed by atoms with Crippen LogP contribution >= 0.6 is 0 Å². The molecule has 4 heteroatoms. The number of rotatable bonds is 11. The van der Waals surface area contributed by atoms with Gasteiger partial charge in [0.25, 0.3) is 0 Å². The van der Waals surface area contributed by atoms with Crippen LogP contribution in [0, 0.1) is 0 Å². The highest BCUT2D eigenvalue weighted by Crippen LogP contribution is 2.17. The molecule has 0 heterocycles. The van der Waals surface area contributed by atoms with Crippen molar-refractivity contribution >= 4 is 5.97 Å². The van der Waals surface area contributed by atoms with Crippen LogP contribution < -0.4 is 4.74 Å². The number of hydrogen-bond acceptors (Lipinski definition) is 4. The molecule has 2 aromatic rings. The van der Waals surface area contributed by atoms with E-state index >= 15 is 0 Å². The summed E-state index contributed by atoms with van der Waals surface area (Å²) < 4.78 is 10.7. The summed E-state index contributed by atoms with van der Waals surface area (Å²) in [6, 6.07) is 18.3. The predicted octanol–water partition coefficient (Wildman–Crippen LogP) is 4.85. The number of carbonyl (C=O) groups excluding carboxylic acids is 1. The first-order valence-electron chi connectivity index (χ1n) is 9.80. The summed E-state index contributed by atoms with van der Waals surface area (Å²) in [5.41, 5.74) is 1.24. The minimum atomic E-state index is -1.16. The van der Waals surface area contributed by atoms with E-state index in [0.29, 0.717) is 13.2 Å². The quantitative estimate of drug-likeness (QED) is 0.343. The lowest BCUT2D eigenvalue weighted by molar-refractivity contribution is -0.146. The van der Waals surface area contributed by atoms with E-state index in [2.05, 4.69) is 12.1 Å². The third kappa shape index (κ3) is 8.40. The first-order chi connectivity index (χ1) is 13.5. The minimum absolute atomic E-state index is 0.0260. The molecular formula is C24H30O4. The summed E-state index contributed by atoms with van der Waals surface area (Å²) in [5, 5.41) is 10.2. The van der Waals surface area contributed by atoms with Gasteiger partial charge in [-0.15, -0.1) is 0 Å². The zero-order chi connectivity index (χ0) is 20.2.